The van der Waals surface area contributed by atoms with E-state index in [1.165, 1.54) is 25.7 Å². The predicted octanol–water partition coefficient (Wildman–Crippen LogP) is 2.99. The van der Waals surface area contributed by atoms with Gasteiger partial charge in [-0.15, -0.1) is 0 Å². The lowest BCUT2D eigenvalue weighted by Crippen LogP contribution is -2.28. The van der Waals surface area contributed by atoms with Crippen molar-refractivity contribution < 1.29 is 14.3 Å². The van der Waals surface area contributed by atoms with Crippen molar-refractivity contribution >= 4 is 29.2 Å². The largest absolute Gasteiger partial charge is 0.462 e. The van der Waals surface area contributed by atoms with Gasteiger partial charge in [-0.2, -0.15) is 0 Å². The van der Waals surface area contributed by atoms with Crippen molar-refractivity contribution in [3.8, 4) is 0 Å². The lowest BCUT2D eigenvalue weighted by Gasteiger charge is -2.07. The first-order valence-electron chi connectivity index (χ1n) is 8.44. The Balaban J connectivity index is 1.83. The molecule has 23 heavy (non-hydrogen) atoms. The summed E-state index contributed by atoms with van der Waals surface area (Å²) in [4.78, 5) is 22.6. The van der Waals surface area contributed by atoms with Crippen LogP contribution >= 0.6 is 12.2 Å². The normalized spacial score (nSPS) is 16.8. The van der Waals surface area contributed by atoms with E-state index in [1.54, 1.807) is 6.92 Å². The highest BCUT2D eigenvalue weighted by molar-refractivity contribution is 7.80. The Morgan fingerprint density at radius 3 is 2.22 bits per heavy atom. The Bertz CT molecular complexity index is 438. The summed E-state index contributed by atoms with van der Waals surface area (Å²) in [6, 6.07) is -0.135. The molecule has 0 radical (unpaired) electrons. The van der Waals surface area contributed by atoms with Crippen LogP contribution in [-0.2, 0) is 14.3 Å². The third-order valence-corrected chi connectivity index (χ3v) is 4.05. The maximum atomic E-state index is 11.5. The van der Waals surface area contributed by atoms with Gasteiger partial charge in [0.1, 0.15) is 6.04 Å². The van der Waals surface area contributed by atoms with Crippen molar-refractivity contribution in [1.82, 2.24) is 10.6 Å². The maximum Gasteiger partial charge on any atom is 0.333 e. The number of carbonyl (C=O) groups is 2. The van der Waals surface area contributed by atoms with E-state index in [4.69, 9.17) is 17.0 Å². The summed E-state index contributed by atoms with van der Waals surface area (Å²) in [5, 5.41) is 6.04. The fraction of sp³-hybridized carbons (Fsp3) is 0.706. The topological polar surface area (TPSA) is 67.4 Å². The first-order valence-corrected chi connectivity index (χ1v) is 8.85. The zero-order valence-corrected chi connectivity index (χ0v) is 14.8. The van der Waals surface area contributed by atoms with Gasteiger partial charge in [-0.1, -0.05) is 51.5 Å². The first kappa shape index (κ1) is 19.6. The van der Waals surface area contributed by atoms with Crippen molar-refractivity contribution in [2.45, 2.75) is 70.8 Å². The molecular weight excluding hydrogens is 312 g/mol. The zero-order chi connectivity index (χ0) is 17.1. The van der Waals surface area contributed by atoms with E-state index in [2.05, 4.69) is 17.2 Å². The highest BCUT2D eigenvalue weighted by atomic mass is 32.1. The predicted molar refractivity (Wildman–Crippen MR) is 95.0 cm³/mol. The van der Waals surface area contributed by atoms with Crippen LogP contribution in [-0.4, -0.2) is 29.6 Å². The fourth-order valence-electron chi connectivity index (χ4n) is 2.46. The molecule has 130 valence electrons. The third kappa shape index (κ3) is 8.69. The number of ether oxygens (including phenoxy) is 1. The van der Waals surface area contributed by atoms with Crippen LogP contribution in [0.2, 0.25) is 0 Å². The monoisotopic (exact) mass is 340 g/mol. The summed E-state index contributed by atoms with van der Waals surface area (Å²) in [5.74, 6) is -0.293. The molecule has 0 aromatic rings. The minimum atomic E-state index is -0.295. The number of amides is 1. The molecule has 0 bridgehead atoms. The molecule has 1 aliphatic rings. The lowest BCUT2D eigenvalue weighted by atomic mass is 10.0. The average Bonchev–Trinajstić information content (AvgIpc) is 2.82. The number of thiocarbonyl (C=S) groups is 1. The molecule has 0 aromatic carbocycles. The number of rotatable bonds is 12. The molecule has 1 saturated heterocycles. The van der Waals surface area contributed by atoms with Gasteiger partial charge in [0.25, 0.3) is 0 Å². The van der Waals surface area contributed by atoms with Crippen molar-refractivity contribution in [3.05, 3.63) is 12.2 Å². The summed E-state index contributed by atoms with van der Waals surface area (Å²) in [7, 11) is 0. The smallest absolute Gasteiger partial charge is 0.333 e. The summed E-state index contributed by atoms with van der Waals surface area (Å²) >= 11 is 4.90. The van der Waals surface area contributed by atoms with Gasteiger partial charge in [0.05, 0.1) is 6.61 Å². The number of hydrogen-bond acceptors (Lipinski definition) is 4. The van der Waals surface area contributed by atoms with Gasteiger partial charge in [-0.05, 0) is 32.0 Å². The molecule has 6 heteroatoms. The van der Waals surface area contributed by atoms with Gasteiger partial charge in [-0.25, -0.2) is 4.79 Å². The van der Waals surface area contributed by atoms with Crippen LogP contribution in [0.25, 0.3) is 0 Å². The van der Waals surface area contributed by atoms with Gasteiger partial charge in [0.2, 0.25) is 5.91 Å². The van der Waals surface area contributed by atoms with Gasteiger partial charge < -0.3 is 15.4 Å². The van der Waals surface area contributed by atoms with E-state index in [9.17, 15) is 9.59 Å². The molecule has 0 saturated carbocycles. The van der Waals surface area contributed by atoms with Gasteiger partial charge in [0.15, 0.2) is 5.11 Å². The molecular formula is C17H28N2O3S. The number of hydrogen-bond donors (Lipinski definition) is 2. The van der Waals surface area contributed by atoms with Crippen molar-refractivity contribution in [2.75, 3.05) is 6.61 Å². The molecule has 1 fully saturated rings. The van der Waals surface area contributed by atoms with Gasteiger partial charge >= 0.3 is 5.97 Å². The Labute approximate surface area is 144 Å². The minimum Gasteiger partial charge on any atom is -0.462 e. The molecule has 2 N–H and O–H groups in total. The second-order valence-corrected chi connectivity index (χ2v) is 6.46. The first-order chi connectivity index (χ1) is 11.0. The minimum absolute atomic E-state index is 0.00217. The Hall–Kier alpha value is -1.43. The van der Waals surface area contributed by atoms with Crippen LogP contribution in [0, 0.1) is 0 Å². The van der Waals surface area contributed by atoms with E-state index in [0.29, 0.717) is 17.3 Å². The van der Waals surface area contributed by atoms with E-state index >= 15 is 0 Å². The number of esters is 1. The van der Waals surface area contributed by atoms with Crippen LogP contribution in [0.4, 0.5) is 0 Å². The molecule has 1 amide bonds. The van der Waals surface area contributed by atoms with E-state index < -0.39 is 0 Å². The third-order valence-electron chi connectivity index (χ3n) is 3.83. The summed E-state index contributed by atoms with van der Waals surface area (Å²) in [6.07, 6.45) is 9.84. The van der Waals surface area contributed by atoms with Crippen molar-refractivity contribution in [1.29, 1.82) is 0 Å². The average molecular weight is 340 g/mol. The van der Waals surface area contributed by atoms with E-state index in [-0.39, 0.29) is 17.9 Å². The molecule has 1 atom stereocenters. The second kappa shape index (κ2) is 11.2. The Kier molecular flexibility index (Phi) is 9.52. The quantitative estimate of drug-likeness (QED) is 0.247. The molecule has 5 nitrogen and oxygen atoms in total. The highest BCUT2D eigenvalue weighted by Gasteiger charge is 2.25. The fourth-order valence-corrected chi connectivity index (χ4v) is 2.70. The Morgan fingerprint density at radius 2 is 1.70 bits per heavy atom. The molecule has 1 rings (SSSR count). The second-order valence-electron chi connectivity index (χ2n) is 6.05. The highest BCUT2D eigenvalue weighted by Crippen LogP contribution is 2.12. The molecule has 0 aliphatic carbocycles. The summed E-state index contributed by atoms with van der Waals surface area (Å²) in [5.41, 5.74) is 0.456. The zero-order valence-electron chi connectivity index (χ0n) is 14.0. The van der Waals surface area contributed by atoms with Crippen molar-refractivity contribution in [2.24, 2.45) is 0 Å². The van der Waals surface area contributed by atoms with E-state index in [0.717, 1.165) is 32.1 Å². The number of unbranched alkanes of at least 4 members (excludes halogenated alkanes) is 7. The van der Waals surface area contributed by atoms with Crippen molar-refractivity contribution in [3.63, 3.8) is 0 Å². The molecule has 1 aliphatic heterocycles. The standard InChI is InChI=1S/C17H28N2O3S/c1-13(2)16(21)22-12-10-8-6-4-3-5-7-9-11-14-15(20)19-17(23)18-14/h14H,1,3-12H2,2H3,(H2,18,19,20,23). The van der Waals surface area contributed by atoms with Gasteiger partial charge in [0, 0.05) is 5.57 Å². The SMILES string of the molecule is C=C(C)C(=O)OCCCCCCCCCCC1NC(=S)NC1=O. The Morgan fingerprint density at radius 1 is 1.13 bits per heavy atom. The van der Waals surface area contributed by atoms with Crippen LogP contribution in [0.1, 0.15) is 64.7 Å². The maximum absolute atomic E-state index is 11.5. The summed E-state index contributed by atoms with van der Waals surface area (Å²) < 4.78 is 5.04. The lowest BCUT2D eigenvalue weighted by molar-refractivity contribution is -0.139. The van der Waals surface area contributed by atoms with Crippen LogP contribution in [0.15, 0.2) is 12.2 Å². The van der Waals surface area contributed by atoms with Gasteiger partial charge in [-0.3, -0.25) is 4.79 Å². The molecule has 1 heterocycles. The van der Waals surface area contributed by atoms with Crippen LogP contribution in [0.5, 0.6) is 0 Å². The number of carbonyl (C=O) groups excluding carboxylic acids is 2. The van der Waals surface area contributed by atoms with E-state index in [1.807, 2.05) is 0 Å². The summed E-state index contributed by atoms with van der Waals surface area (Å²) in [6.45, 7) is 5.69. The van der Waals surface area contributed by atoms with Crippen LogP contribution < -0.4 is 10.6 Å². The number of nitrogens with one attached hydrogen (secondary N) is 2. The molecule has 1 unspecified atom stereocenters. The van der Waals surface area contributed by atoms with Crippen LogP contribution in [0.3, 0.4) is 0 Å². The molecule has 0 spiro atoms. The molecule has 0 aromatic heterocycles.